The molecule has 2 atom stereocenters. The Morgan fingerprint density at radius 3 is 2.82 bits per heavy atom. The molecule has 1 aliphatic rings. The van der Waals surface area contributed by atoms with E-state index in [2.05, 4.69) is 22.7 Å². The molecule has 1 aromatic heterocycles. The van der Waals surface area contributed by atoms with Crippen molar-refractivity contribution in [1.29, 1.82) is 0 Å². The van der Waals surface area contributed by atoms with Gasteiger partial charge < -0.3 is 10.6 Å². The van der Waals surface area contributed by atoms with Crippen molar-refractivity contribution in [2.24, 2.45) is 0 Å². The van der Waals surface area contributed by atoms with Crippen LogP contribution in [0.1, 0.15) is 30.3 Å². The Hall–Kier alpha value is -1.85. The normalized spacial score (nSPS) is 21.0. The number of halogens is 1. The molecule has 1 amide bonds. The molecule has 5 nitrogen and oxygen atoms in total. The van der Waals surface area contributed by atoms with Crippen LogP contribution in [0.25, 0.3) is 5.69 Å². The molecule has 118 valence electrons. The summed E-state index contributed by atoms with van der Waals surface area (Å²) in [6.07, 6.45) is 3.92. The molecule has 0 radical (unpaired) electrons. The molecule has 1 aromatic carbocycles. The molecule has 22 heavy (non-hydrogen) atoms. The van der Waals surface area contributed by atoms with Crippen molar-refractivity contribution in [3.63, 3.8) is 0 Å². The van der Waals surface area contributed by atoms with E-state index in [9.17, 15) is 4.79 Å². The van der Waals surface area contributed by atoms with Gasteiger partial charge in [0, 0.05) is 18.3 Å². The van der Waals surface area contributed by atoms with Crippen LogP contribution in [0.5, 0.6) is 0 Å². The van der Waals surface area contributed by atoms with Gasteiger partial charge in [-0.2, -0.15) is 5.10 Å². The third kappa shape index (κ3) is 3.67. The first-order valence-electron chi connectivity index (χ1n) is 7.39. The molecule has 2 N–H and O–H groups in total. The van der Waals surface area contributed by atoms with Gasteiger partial charge in [0.25, 0.3) is 5.91 Å². The van der Waals surface area contributed by atoms with Crippen molar-refractivity contribution in [3.8, 4) is 5.69 Å². The monoisotopic (exact) mass is 320 g/mol. The van der Waals surface area contributed by atoms with E-state index in [1.807, 2.05) is 36.5 Å². The highest BCUT2D eigenvalue weighted by molar-refractivity contribution is 5.92. The van der Waals surface area contributed by atoms with E-state index in [0.717, 1.165) is 25.1 Å². The van der Waals surface area contributed by atoms with Gasteiger partial charge in [-0.15, -0.1) is 12.4 Å². The molecule has 1 saturated heterocycles. The maximum Gasteiger partial charge on any atom is 0.272 e. The Kier molecular flexibility index (Phi) is 5.57. The number of nitrogens with zero attached hydrogens (tertiary/aromatic N) is 2. The van der Waals surface area contributed by atoms with Crippen LogP contribution in [-0.2, 0) is 0 Å². The number of hydrogen-bond acceptors (Lipinski definition) is 3. The molecule has 3 rings (SSSR count). The average Bonchev–Trinajstić information content (AvgIpc) is 3.00. The smallest absolute Gasteiger partial charge is 0.272 e. The first-order valence-corrected chi connectivity index (χ1v) is 7.39. The fourth-order valence-electron chi connectivity index (χ4n) is 2.65. The van der Waals surface area contributed by atoms with Crippen LogP contribution >= 0.6 is 12.4 Å². The SMILES string of the molecule is CC1NCCCC1NC(=O)c1ccn(-c2ccccc2)n1.Cl. The number of nitrogens with one attached hydrogen (secondary N) is 2. The summed E-state index contributed by atoms with van der Waals surface area (Å²) < 4.78 is 1.72. The van der Waals surface area contributed by atoms with E-state index >= 15 is 0 Å². The largest absolute Gasteiger partial charge is 0.346 e. The molecule has 0 bridgehead atoms. The van der Waals surface area contributed by atoms with Crippen molar-refractivity contribution in [2.75, 3.05) is 6.54 Å². The summed E-state index contributed by atoms with van der Waals surface area (Å²) in [5.74, 6) is -0.106. The molecule has 2 aromatic rings. The van der Waals surface area contributed by atoms with E-state index in [4.69, 9.17) is 0 Å². The molecule has 0 saturated carbocycles. The Bertz CT molecular complexity index is 614. The van der Waals surface area contributed by atoms with E-state index in [1.54, 1.807) is 10.7 Å². The topological polar surface area (TPSA) is 58.9 Å². The number of piperidine rings is 1. The second kappa shape index (κ2) is 7.42. The van der Waals surface area contributed by atoms with Gasteiger partial charge in [-0.3, -0.25) is 4.79 Å². The lowest BCUT2D eigenvalue weighted by Gasteiger charge is -2.30. The van der Waals surface area contributed by atoms with Gasteiger partial charge in [0.2, 0.25) is 0 Å². The number of amides is 1. The molecule has 6 heteroatoms. The minimum Gasteiger partial charge on any atom is -0.346 e. The Morgan fingerprint density at radius 1 is 1.32 bits per heavy atom. The second-order valence-corrected chi connectivity index (χ2v) is 5.45. The van der Waals surface area contributed by atoms with Crippen molar-refractivity contribution < 1.29 is 4.79 Å². The van der Waals surface area contributed by atoms with Gasteiger partial charge in [0.05, 0.1) is 5.69 Å². The zero-order valence-electron chi connectivity index (χ0n) is 12.5. The minimum atomic E-state index is -0.106. The van der Waals surface area contributed by atoms with Crippen molar-refractivity contribution in [1.82, 2.24) is 20.4 Å². The maximum atomic E-state index is 12.3. The third-order valence-electron chi connectivity index (χ3n) is 3.92. The van der Waals surface area contributed by atoms with E-state index in [0.29, 0.717) is 11.7 Å². The highest BCUT2D eigenvalue weighted by Crippen LogP contribution is 2.10. The fourth-order valence-corrected chi connectivity index (χ4v) is 2.65. The first-order chi connectivity index (χ1) is 10.2. The van der Waals surface area contributed by atoms with Crippen LogP contribution < -0.4 is 10.6 Å². The fraction of sp³-hybridized carbons (Fsp3) is 0.375. The highest BCUT2D eigenvalue weighted by atomic mass is 35.5. The van der Waals surface area contributed by atoms with Gasteiger partial charge in [-0.05, 0) is 44.5 Å². The molecule has 0 spiro atoms. The highest BCUT2D eigenvalue weighted by Gasteiger charge is 2.23. The van der Waals surface area contributed by atoms with Crippen molar-refractivity contribution in [2.45, 2.75) is 31.8 Å². The van der Waals surface area contributed by atoms with Crippen LogP contribution in [-0.4, -0.2) is 34.3 Å². The Morgan fingerprint density at radius 2 is 2.09 bits per heavy atom. The number of rotatable bonds is 3. The molecule has 1 fully saturated rings. The molecular weight excluding hydrogens is 300 g/mol. The lowest BCUT2D eigenvalue weighted by Crippen LogP contribution is -2.52. The predicted molar refractivity (Wildman–Crippen MR) is 88.8 cm³/mol. The summed E-state index contributed by atoms with van der Waals surface area (Å²) in [6.45, 7) is 3.13. The third-order valence-corrected chi connectivity index (χ3v) is 3.92. The summed E-state index contributed by atoms with van der Waals surface area (Å²) in [4.78, 5) is 12.3. The predicted octanol–water partition coefficient (Wildman–Crippen LogP) is 2.16. The summed E-state index contributed by atoms with van der Waals surface area (Å²) in [7, 11) is 0. The summed E-state index contributed by atoms with van der Waals surface area (Å²) in [5, 5.41) is 10.8. The van der Waals surface area contributed by atoms with Crippen LogP contribution in [0, 0.1) is 0 Å². The van der Waals surface area contributed by atoms with Gasteiger partial charge in [0.1, 0.15) is 0 Å². The van der Waals surface area contributed by atoms with Crippen molar-refractivity contribution >= 4 is 18.3 Å². The first kappa shape index (κ1) is 16.5. The number of hydrogen-bond donors (Lipinski definition) is 2. The molecular formula is C16H21ClN4O. The Balaban J connectivity index is 0.00000176. The van der Waals surface area contributed by atoms with Crippen LogP contribution in [0.3, 0.4) is 0 Å². The number of carbonyl (C=O) groups is 1. The number of benzene rings is 1. The number of para-hydroxylation sites is 1. The average molecular weight is 321 g/mol. The standard InChI is InChI=1S/C16H20N4O.ClH/c1-12-14(8-5-10-17-12)18-16(21)15-9-11-20(19-15)13-6-3-2-4-7-13;/h2-4,6-7,9,11-12,14,17H,5,8,10H2,1H3,(H,18,21);1H. The molecule has 2 unspecified atom stereocenters. The summed E-state index contributed by atoms with van der Waals surface area (Å²) >= 11 is 0. The summed E-state index contributed by atoms with van der Waals surface area (Å²) in [6, 6.07) is 12.0. The quantitative estimate of drug-likeness (QED) is 0.911. The molecule has 0 aliphatic carbocycles. The number of aromatic nitrogens is 2. The minimum absolute atomic E-state index is 0. The zero-order chi connectivity index (χ0) is 14.7. The van der Waals surface area contributed by atoms with Gasteiger partial charge >= 0.3 is 0 Å². The zero-order valence-corrected chi connectivity index (χ0v) is 13.3. The van der Waals surface area contributed by atoms with Crippen molar-refractivity contribution in [3.05, 3.63) is 48.3 Å². The van der Waals surface area contributed by atoms with E-state index < -0.39 is 0 Å². The Labute approximate surface area is 136 Å². The van der Waals surface area contributed by atoms with Gasteiger partial charge in [-0.25, -0.2) is 4.68 Å². The van der Waals surface area contributed by atoms with Gasteiger partial charge in [-0.1, -0.05) is 18.2 Å². The molecule has 2 heterocycles. The van der Waals surface area contributed by atoms with Gasteiger partial charge in [0.15, 0.2) is 5.69 Å². The second-order valence-electron chi connectivity index (χ2n) is 5.45. The number of carbonyl (C=O) groups excluding carboxylic acids is 1. The van der Waals surface area contributed by atoms with Crippen LogP contribution in [0.2, 0.25) is 0 Å². The lowest BCUT2D eigenvalue weighted by atomic mass is 10.00. The lowest BCUT2D eigenvalue weighted by molar-refractivity contribution is 0.0914. The van der Waals surface area contributed by atoms with Crippen LogP contribution in [0.4, 0.5) is 0 Å². The van der Waals surface area contributed by atoms with Crippen LogP contribution in [0.15, 0.2) is 42.6 Å². The van der Waals surface area contributed by atoms with E-state index in [-0.39, 0.29) is 24.4 Å². The molecule has 1 aliphatic heterocycles. The van der Waals surface area contributed by atoms with E-state index in [1.165, 1.54) is 0 Å². The summed E-state index contributed by atoms with van der Waals surface area (Å²) in [5.41, 5.74) is 1.40. The maximum absolute atomic E-state index is 12.3.